The average Bonchev–Trinajstić information content (AvgIpc) is 3.28. The van der Waals surface area contributed by atoms with Gasteiger partial charge in [0.2, 0.25) is 11.9 Å². The summed E-state index contributed by atoms with van der Waals surface area (Å²) >= 11 is 0. The van der Waals surface area contributed by atoms with Gasteiger partial charge in [0, 0.05) is 62.7 Å². The van der Waals surface area contributed by atoms with E-state index in [0.717, 1.165) is 55.5 Å². The molecule has 3 aromatic rings. The molecule has 2 aliphatic heterocycles. The SMILES string of the molecule is COC1CCN(c2n[nH]c(Nc3cc4c(C(C)C)ccc(N5CC(CS(C)(=O)=O)C5)c4cn3)n2)CC1. The van der Waals surface area contributed by atoms with Gasteiger partial charge in [-0.05, 0) is 41.8 Å². The number of hydrogen-bond donors (Lipinski definition) is 2. The van der Waals surface area contributed by atoms with Gasteiger partial charge in [-0.2, -0.15) is 4.98 Å². The molecule has 4 heterocycles. The van der Waals surface area contributed by atoms with Crippen LogP contribution in [-0.4, -0.2) is 80.0 Å². The van der Waals surface area contributed by atoms with Gasteiger partial charge in [0.05, 0.1) is 11.9 Å². The summed E-state index contributed by atoms with van der Waals surface area (Å²) in [6, 6.07) is 6.37. The van der Waals surface area contributed by atoms with E-state index in [2.05, 4.69) is 67.3 Å². The van der Waals surface area contributed by atoms with Crippen molar-refractivity contribution in [3.8, 4) is 0 Å². The predicted molar refractivity (Wildman–Crippen MR) is 143 cm³/mol. The van der Waals surface area contributed by atoms with E-state index in [1.165, 1.54) is 11.8 Å². The third-order valence-corrected chi connectivity index (χ3v) is 8.23. The van der Waals surface area contributed by atoms with E-state index in [1.807, 2.05) is 6.20 Å². The number of H-pyrrole nitrogens is 1. The molecule has 0 atom stereocenters. The number of nitrogens with one attached hydrogen (secondary N) is 2. The summed E-state index contributed by atoms with van der Waals surface area (Å²) in [7, 11) is -1.20. The molecule has 2 aromatic heterocycles. The minimum atomic E-state index is -2.96. The molecule has 0 radical (unpaired) electrons. The van der Waals surface area contributed by atoms with Crippen LogP contribution in [0.1, 0.15) is 38.2 Å². The number of sulfone groups is 1. The molecular weight excluding hydrogens is 478 g/mol. The van der Waals surface area contributed by atoms with Crippen molar-refractivity contribution in [1.82, 2.24) is 20.2 Å². The highest BCUT2D eigenvalue weighted by Gasteiger charge is 2.31. The van der Waals surface area contributed by atoms with E-state index >= 15 is 0 Å². The quantitative estimate of drug-likeness (QED) is 0.468. The third-order valence-electron chi connectivity index (χ3n) is 7.15. The second kappa shape index (κ2) is 9.85. The molecular formula is C25H35N7O3S. The van der Waals surface area contributed by atoms with Crippen LogP contribution in [0.15, 0.2) is 24.4 Å². The lowest BCUT2D eigenvalue weighted by atomic mass is 9.93. The van der Waals surface area contributed by atoms with Gasteiger partial charge in [0.25, 0.3) is 0 Å². The summed E-state index contributed by atoms with van der Waals surface area (Å²) in [5, 5.41) is 12.9. The summed E-state index contributed by atoms with van der Waals surface area (Å²) in [6.45, 7) is 7.59. The lowest BCUT2D eigenvalue weighted by Crippen LogP contribution is -2.49. The number of piperidine rings is 1. The van der Waals surface area contributed by atoms with Crippen LogP contribution >= 0.6 is 0 Å². The van der Waals surface area contributed by atoms with Gasteiger partial charge in [0.1, 0.15) is 15.7 Å². The molecule has 11 heteroatoms. The molecule has 2 aliphatic rings. The van der Waals surface area contributed by atoms with Gasteiger partial charge < -0.3 is 19.9 Å². The molecule has 10 nitrogen and oxygen atoms in total. The third kappa shape index (κ3) is 5.27. The lowest BCUT2D eigenvalue weighted by Gasteiger charge is -2.41. The van der Waals surface area contributed by atoms with Gasteiger partial charge in [-0.25, -0.2) is 18.5 Å². The van der Waals surface area contributed by atoms with E-state index in [-0.39, 0.29) is 11.7 Å². The van der Waals surface area contributed by atoms with Crippen LogP contribution in [0.25, 0.3) is 10.8 Å². The van der Waals surface area contributed by atoms with Crippen LogP contribution in [0.5, 0.6) is 0 Å². The molecule has 0 bridgehead atoms. The number of nitrogens with zero attached hydrogens (tertiary/aromatic N) is 5. The summed E-state index contributed by atoms with van der Waals surface area (Å²) in [5.74, 6) is 2.69. The monoisotopic (exact) mass is 513 g/mol. The normalized spacial score (nSPS) is 17.7. The van der Waals surface area contributed by atoms with Crippen molar-refractivity contribution >= 4 is 44.0 Å². The first-order chi connectivity index (χ1) is 17.2. The molecule has 2 saturated heterocycles. The zero-order valence-corrected chi connectivity index (χ0v) is 22.2. The molecule has 0 aliphatic carbocycles. The minimum absolute atomic E-state index is 0.176. The molecule has 2 fully saturated rings. The molecule has 2 N–H and O–H groups in total. The Bertz CT molecular complexity index is 1330. The number of methoxy groups -OCH3 is 1. The Kier molecular flexibility index (Phi) is 6.78. The molecule has 0 spiro atoms. The van der Waals surface area contributed by atoms with Crippen molar-refractivity contribution < 1.29 is 13.2 Å². The van der Waals surface area contributed by atoms with Crippen LogP contribution in [-0.2, 0) is 14.6 Å². The van der Waals surface area contributed by atoms with Crippen LogP contribution in [0, 0.1) is 5.92 Å². The van der Waals surface area contributed by atoms with Crippen molar-refractivity contribution in [3.05, 3.63) is 30.0 Å². The maximum absolute atomic E-state index is 11.7. The van der Waals surface area contributed by atoms with E-state index in [4.69, 9.17) is 4.74 Å². The number of benzene rings is 1. The zero-order chi connectivity index (χ0) is 25.4. The van der Waals surface area contributed by atoms with Crippen LogP contribution in [0.2, 0.25) is 0 Å². The van der Waals surface area contributed by atoms with E-state index in [1.54, 1.807) is 7.11 Å². The van der Waals surface area contributed by atoms with Crippen molar-refractivity contribution in [2.24, 2.45) is 5.92 Å². The molecule has 0 saturated carbocycles. The highest BCUT2D eigenvalue weighted by atomic mass is 32.2. The molecule has 5 rings (SSSR count). The fraction of sp³-hybridized carbons (Fsp3) is 0.560. The van der Waals surface area contributed by atoms with Crippen molar-refractivity contribution in [2.75, 3.05) is 60.4 Å². The Morgan fingerprint density at radius 2 is 1.92 bits per heavy atom. The topological polar surface area (TPSA) is 116 Å². The molecule has 194 valence electrons. The smallest absolute Gasteiger partial charge is 0.246 e. The fourth-order valence-corrected chi connectivity index (χ4v) is 6.32. The Morgan fingerprint density at radius 1 is 1.17 bits per heavy atom. The van der Waals surface area contributed by atoms with E-state index in [0.29, 0.717) is 29.7 Å². The maximum atomic E-state index is 11.7. The number of fused-ring (bicyclic) bond motifs is 1. The summed E-state index contributed by atoms with van der Waals surface area (Å²) < 4.78 is 28.8. The Morgan fingerprint density at radius 3 is 2.58 bits per heavy atom. The Labute approximate surface area is 212 Å². The standard InChI is InChI=1S/C25H35N7O3S/c1-16(2)19-5-6-22(32-13-17(14-32)15-36(4,33)34)21-12-26-23(11-20(19)21)27-24-28-25(30-29-24)31-9-7-18(35-3)8-10-31/h5-6,11-12,16-18H,7-10,13-15H2,1-4H3,(H2,26,27,28,29,30). The van der Waals surface area contributed by atoms with Crippen LogP contribution in [0.3, 0.4) is 0 Å². The van der Waals surface area contributed by atoms with E-state index in [9.17, 15) is 8.42 Å². The first-order valence-electron chi connectivity index (χ1n) is 12.5. The number of ether oxygens (including phenoxy) is 1. The highest BCUT2D eigenvalue weighted by molar-refractivity contribution is 7.90. The van der Waals surface area contributed by atoms with Crippen LogP contribution < -0.4 is 15.1 Å². The van der Waals surface area contributed by atoms with Gasteiger partial charge >= 0.3 is 0 Å². The number of aromatic nitrogens is 4. The summed E-state index contributed by atoms with van der Waals surface area (Å²) in [4.78, 5) is 13.7. The van der Waals surface area contributed by atoms with Gasteiger partial charge in [-0.1, -0.05) is 19.9 Å². The summed E-state index contributed by atoms with van der Waals surface area (Å²) in [5.41, 5.74) is 2.34. The Balaban J connectivity index is 1.35. The Hall–Kier alpha value is -2.92. The molecule has 1 aromatic carbocycles. The van der Waals surface area contributed by atoms with Gasteiger partial charge in [0.15, 0.2) is 0 Å². The van der Waals surface area contributed by atoms with Gasteiger partial charge in [-0.3, -0.25) is 0 Å². The lowest BCUT2D eigenvalue weighted by molar-refractivity contribution is 0.0817. The fourth-order valence-electron chi connectivity index (χ4n) is 5.26. The first kappa shape index (κ1) is 24.8. The van der Waals surface area contributed by atoms with Crippen molar-refractivity contribution in [2.45, 2.75) is 38.7 Å². The number of aromatic amines is 1. The van der Waals surface area contributed by atoms with Crippen molar-refractivity contribution in [3.63, 3.8) is 0 Å². The number of anilines is 4. The molecule has 0 unspecified atom stereocenters. The number of rotatable bonds is 8. The van der Waals surface area contributed by atoms with Crippen LogP contribution in [0.4, 0.5) is 23.4 Å². The minimum Gasteiger partial charge on any atom is -0.381 e. The zero-order valence-electron chi connectivity index (χ0n) is 21.4. The molecule has 0 amide bonds. The predicted octanol–water partition coefficient (Wildman–Crippen LogP) is 3.32. The highest BCUT2D eigenvalue weighted by Crippen LogP contribution is 2.37. The van der Waals surface area contributed by atoms with Gasteiger partial charge in [-0.15, -0.1) is 5.10 Å². The number of pyridine rings is 1. The van der Waals surface area contributed by atoms with Crippen molar-refractivity contribution in [1.29, 1.82) is 0 Å². The largest absolute Gasteiger partial charge is 0.381 e. The number of hydrogen-bond acceptors (Lipinski definition) is 9. The average molecular weight is 514 g/mol. The molecule has 36 heavy (non-hydrogen) atoms. The maximum Gasteiger partial charge on any atom is 0.246 e. The summed E-state index contributed by atoms with van der Waals surface area (Å²) in [6.07, 6.45) is 5.44. The second-order valence-electron chi connectivity index (χ2n) is 10.3. The van der Waals surface area contributed by atoms with E-state index < -0.39 is 9.84 Å². The first-order valence-corrected chi connectivity index (χ1v) is 14.6. The second-order valence-corrected chi connectivity index (χ2v) is 12.5.